The van der Waals surface area contributed by atoms with Gasteiger partial charge in [-0.15, -0.1) is 0 Å². The number of esters is 1. The quantitative estimate of drug-likeness (QED) is 0.233. The van der Waals surface area contributed by atoms with E-state index >= 15 is 0 Å². The van der Waals surface area contributed by atoms with Crippen molar-refractivity contribution in [2.45, 2.75) is 26.5 Å². The lowest BCUT2D eigenvalue weighted by Gasteiger charge is -2.26. The number of thiazole rings is 1. The lowest BCUT2D eigenvalue weighted by Crippen LogP contribution is -2.40. The number of ether oxygens (including phenoxy) is 4. The highest BCUT2D eigenvalue weighted by Crippen LogP contribution is 2.40. The van der Waals surface area contributed by atoms with Gasteiger partial charge >= 0.3 is 5.97 Å². The Labute approximate surface area is 255 Å². The van der Waals surface area contributed by atoms with Gasteiger partial charge in [0, 0.05) is 4.47 Å². The van der Waals surface area contributed by atoms with Crippen LogP contribution in [0.1, 0.15) is 36.6 Å². The number of fused-ring (bicyclic) bond motifs is 1. The van der Waals surface area contributed by atoms with Crippen LogP contribution in [0.15, 0.2) is 92.3 Å². The average Bonchev–Trinajstić information content (AvgIpc) is 3.29. The molecule has 1 aromatic heterocycles. The van der Waals surface area contributed by atoms with Crippen molar-refractivity contribution < 1.29 is 23.7 Å². The van der Waals surface area contributed by atoms with E-state index in [1.54, 1.807) is 33.1 Å². The predicted octanol–water partition coefficient (Wildman–Crippen LogP) is 5.16. The number of aromatic nitrogens is 1. The molecule has 1 aliphatic heterocycles. The SMILES string of the molecule is CCOC(=O)C1=C(C)N=c2s/c(=C/c3cccc(OCc4ccccc4)c3)c(=O)n2[C@@H]1c1cc(OC)c(OC)cc1Br. The van der Waals surface area contributed by atoms with Crippen LogP contribution in [0, 0.1) is 0 Å². The highest BCUT2D eigenvalue weighted by molar-refractivity contribution is 9.10. The van der Waals surface area contributed by atoms with Gasteiger partial charge in [-0.2, -0.15) is 0 Å². The number of halogens is 1. The number of hydrogen-bond donors (Lipinski definition) is 0. The van der Waals surface area contributed by atoms with Crippen LogP contribution in [0.3, 0.4) is 0 Å². The van der Waals surface area contributed by atoms with Crippen LogP contribution in [-0.4, -0.2) is 31.4 Å². The van der Waals surface area contributed by atoms with Crippen molar-refractivity contribution in [3.63, 3.8) is 0 Å². The number of allylic oxidation sites excluding steroid dienone is 1. The second-order valence-corrected chi connectivity index (χ2v) is 11.2. The lowest BCUT2D eigenvalue weighted by molar-refractivity contribution is -0.139. The summed E-state index contributed by atoms with van der Waals surface area (Å²) in [7, 11) is 3.08. The molecule has 0 bridgehead atoms. The van der Waals surface area contributed by atoms with Gasteiger partial charge in [0.1, 0.15) is 12.4 Å². The molecule has 4 aromatic rings. The Balaban J connectivity index is 1.61. The smallest absolute Gasteiger partial charge is 0.338 e. The fourth-order valence-corrected chi connectivity index (χ4v) is 6.34. The number of carbonyl (C=O) groups excluding carboxylic acids is 1. The summed E-state index contributed by atoms with van der Waals surface area (Å²) >= 11 is 4.88. The standard InChI is InChI=1S/C32H29BrN2O6S/c1-5-40-31(37)28-19(2)34-32-35(29(28)23-16-25(38-3)26(39-4)17-24(23)33)30(36)27(42-32)15-21-12-9-13-22(14-21)41-18-20-10-7-6-8-11-20/h6-17,29H,5,18H2,1-4H3/b27-15+/t29-/m1/s1. The van der Waals surface area contributed by atoms with E-state index in [0.29, 0.717) is 48.9 Å². The Kier molecular flexibility index (Phi) is 8.94. The van der Waals surface area contributed by atoms with Crippen LogP contribution >= 0.6 is 27.3 Å². The van der Waals surface area contributed by atoms with Gasteiger partial charge in [0.25, 0.3) is 5.56 Å². The van der Waals surface area contributed by atoms with Crippen LogP contribution in [-0.2, 0) is 16.1 Å². The van der Waals surface area contributed by atoms with Crippen LogP contribution in [0.4, 0.5) is 0 Å². The zero-order valence-corrected chi connectivity index (χ0v) is 26.0. The molecular formula is C32H29BrN2O6S. The number of benzene rings is 3. The van der Waals surface area contributed by atoms with Gasteiger partial charge in [0.05, 0.1) is 42.7 Å². The van der Waals surface area contributed by atoms with E-state index in [0.717, 1.165) is 11.1 Å². The van der Waals surface area contributed by atoms with Gasteiger partial charge in [0.15, 0.2) is 16.3 Å². The molecule has 42 heavy (non-hydrogen) atoms. The van der Waals surface area contributed by atoms with Crippen molar-refractivity contribution in [1.29, 1.82) is 0 Å². The van der Waals surface area contributed by atoms with Gasteiger partial charge in [-0.05, 0) is 60.9 Å². The molecule has 0 aliphatic carbocycles. The van der Waals surface area contributed by atoms with Crippen molar-refractivity contribution in [1.82, 2.24) is 4.57 Å². The van der Waals surface area contributed by atoms with Crippen molar-refractivity contribution in [3.05, 3.63) is 119 Å². The van der Waals surface area contributed by atoms with E-state index in [4.69, 9.17) is 18.9 Å². The topological polar surface area (TPSA) is 88.4 Å². The molecule has 0 fully saturated rings. The summed E-state index contributed by atoms with van der Waals surface area (Å²) in [4.78, 5) is 32.4. The first-order valence-electron chi connectivity index (χ1n) is 13.2. The van der Waals surface area contributed by atoms with Crippen molar-refractivity contribution in [2.75, 3.05) is 20.8 Å². The maximum atomic E-state index is 14.0. The summed E-state index contributed by atoms with van der Waals surface area (Å²) in [6, 6.07) is 20.2. The van der Waals surface area contributed by atoms with E-state index in [1.165, 1.54) is 23.0 Å². The van der Waals surface area contributed by atoms with Gasteiger partial charge in [0.2, 0.25) is 0 Å². The first kappa shape index (κ1) is 29.3. The summed E-state index contributed by atoms with van der Waals surface area (Å²) in [5.74, 6) is 1.12. The van der Waals surface area contributed by atoms with E-state index in [2.05, 4.69) is 20.9 Å². The fraction of sp³-hybridized carbons (Fsp3) is 0.219. The zero-order chi connectivity index (χ0) is 29.8. The Morgan fingerprint density at radius 2 is 1.79 bits per heavy atom. The molecule has 1 atom stereocenters. The van der Waals surface area contributed by atoms with Crippen molar-refractivity contribution >= 4 is 39.3 Å². The normalized spacial score (nSPS) is 14.7. The third-order valence-electron chi connectivity index (χ3n) is 6.72. The maximum absolute atomic E-state index is 14.0. The number of methoxy groups -OCH3 is 2. The lowest BCUT2D eigenvalue weighted by atomic mass is 9.95. The summed E-state index contributed by atoms with van der Waals surface area (Å²) < 4.78 is 25.0. The first-order valence-corrected chi connectivity index (χ1v) is 14.8. The first-order chi connectivity index (χ1) is 20.3. The molecule has 10 heteroatoms. The maximum Gasteiger partial charge on any atom is 0.338 e. The molecular weight excluding hydrogens is 620 g/mol. The molecule has 3 aromatic carbocycles. The van der Waals surface area contributed by atoms with Crippen LogP contribution in [0.25, 0.3) is 6.08 Å². The highest BCUT2D eigenvalue weighted by Gasteiger charge is 2.35. The minimum atomic E-state index is -0.808. The Bertz CT molecular complexity index is 1840. The van der Waals surface area contributed by atoms with Crippen molar-refractivity contribution in [2.24, 2.45) is 4.99 Å². The summed E-state index contributed by atoms with van der Waals surface area (Å²) in [6.07, 6.45) is 1.81. The van der Waals surface area contributed by atoms with Crippen LogP contribution in [0.5, 0.6) is 17.2 Å². The molecule has 1 aliphatic rings. The number of hydrogen-bond acceptors (Lipinski definition) is 8. The van der Waals surface area contributed by atoms with Crippen LogP contribution < -0.4 is 29.1 Å². The summed E-state index contributed by atoms with van der Waals surface area (Å²) in [5, 5.41) is 0. The van der Waals surface area contributed by atoms with E-state index in [9.17, 15) is 9.59 Å². The van der Waals surface area contributed by atoms with Crippen molar-refractivity contribution in [3.8, 4) is 17.2 Å². The largest absolute Gasteiger partial charge is 0.493 e. The predicted molar refractivity (Wildman–Crippen MR) is 165 cm³/mol. The molecule has 2 heterocycles. The average molecular weight is 650 g/mol. The third-order valence-corrected chi connectivity index (χ3v) is 8.39. The number of nitrogens with zero attached hydrogens (tertiary/aromatic N) is 2. The van der Waals surface area contributed by atoms with Gasteiger partial charge in [-0.1, -0.05) is 69.7 Å². The van der Waals surface area contributed by atoms with Gasteiger partial charge in [-0.3, -0.25) is 9.36 Å². The molecule has 0 saturated heterocycles. The third kappa shape index (κ3) is 5.91. The minimum absolute atomic E-state index is 0.183. The summed E-state index contributed by atoms with van der Waals surface area (Å²) in [6.45, 7) is 4.10. The summed E-state index contributed by atoms with van der Waals surface area (Å²) in [5.41, 5.74) is 2.97. The Morgan fingerprint density at radius 1 is 1.05 bits per heavy atom. The molecule has 0 saturated carbocycles. The Hall–Kier alpha value is -4.15. The molecule has 0 unspecified atom stereocenters. The molecule has 0 spiro atoms. The molecule has 8 nitrogen and oxygen atoms in total. The number of rotatable bonds is 9. The molecule has 0 radical (unpaired) electrons. The zero-order valence-electron chi connectivity index (χ0n) is 23.5. The van der Waals surface area contributed by atoms with E-state index in [1.807, 2.05) is 60.7 Å². The highest BCUT2D eigenvalue weighted by atomic mass is 79.9. The second kappa shape index (κ2) is 12.8. The molecule has 5 rings (SSSR count). The number of carbonyl (C=O) groups is 1. The molecule has 0 N–H and O–H groups in total. The minimum Gasteiger partial charge on any atom is -0.493 e. The van der Waals surface area contributed by atoms with E-state index < -0.39 is 12.0 Å². The van der Waals surface area contributed by atoms with E-state index in [-0.39, 0.29) is 17.7 Å². The second-order valence-electron chi connectivity index (χ2n) is 9.38. The fourth-order valence-electron chi connectivity index (χ4n) is 4.75. The van der Waals surface area contributed by atoms with Crippen LogP contribution in [0.2, 0.25) is 0 Å². The van der Waals surface area contributed by atoms with Gasteiger partial charge < -0.3 is 18.9 Å². The van der Waals surface area contributed by atoms with Gasteiger partial charge in [-0.25, -0.2) is 9.79 Å². The molecule has 216 valence electrons. The Morgan fingerprint density at radius 3 is 2.50 bits per heavy atom. The molecule has 0 amide bonds. The monoisotopic (exact) mass is 648 g/mol.